The lowest BCUT2D eigenvalue weighted by Gasteiger charge is -2.07. The second-order valence-electron chi connectivity index (χ2n) is 6.69. The molecule has 156 valence electrons. The zero-order valence-corrected chi connectivity index (χ0v) is 18.3. The molecule has 30 heavy (non-hydrogen) atoms. The molecule has 0 aliphatic carbocycles. The van der Waals surface area contributed by atoms with Gasteiger partial charge in [-0.25, -0.2) is 0 Å². The highest BCUT2D eigenvalue weighted by Crippen LogP contribution is 2.22. The molecule has 7 nitrogen and oxygen atoms in total. The molecule has 0 aliphatic rings. The van der Waals surface area contributed by atoms with Crippen molar-refractivity contribution in [2.45, 2.75) is 24.9 Å². The summed E-state index contributed by atoms with van der Waals surface area (Å²) in [6, 6.07) is 14.7. The van der Waals surface area contributed by atoms with Gasteiger partial charge in [-0.1, -0.05) is 53.2 Å². The average molecular weight is 444 g/mol. The van der Waals surface area contributed by atoms with Crippen molar-refractivity contribution in [1.29, 1.82) is 0 Å². The molecule has 2 aromatic carbocycles. The Kier molecular flexibility index (Phi) is 7.48. The van der Waals surface area contributed by atoms with Gasteiger partial charge in [-0.2, -0.15) is 0 Å². The number of para-hydroxylation sites is 1. The van der Waals surface area contributed by atoms with E-state index in [0.717, 1.165) is 11.3 Å². The summed E-state index contributed by atoms with van der Waals surface area (Å²) in [5, 5.41) is 15.0. The van der Waals surface area contributed by atoms with Gasteiger partial charge in [0.1, 0.15) is 5.82 Å². The third-order valence-corrected chi connectivity index (χ3v) is 5.67. The number of aromatic nitrogens is 3. The molecule has 2 N–H and O–H groups in total. The zero-order chi connectivity index (χ0) is 21.5. The number of amides is 2. The Bertz CT molecular complexity index is 1040. The SMILES string of the molecule is Cc1ccc(NC(=O)CCc2nnc(SCC(=O)Nc3ccccc3Cl)n2C)cc1. The van der Waals surface area contributed by atoms with Crippen LogP contribution >= 0.6 is 23.4 Å². The maximum atomic E-state index is 12.2. The van der Waals surface area contributed by atoms with Crippen molar-refractivity contribution in [1.82, 2.24) is 14.8 Å². The van der Waals surface area contributed by atoms with E-state index in [2.05, 4.69) is 20.8 Å². The van der Waals surface area contributed by atoms with Gasteiger partial charge in [0, 0.05) is 25.6 Å². The fourth-order valence-electron chi connectivity index (χ4n) is 2.65. The lowest BCUT2D eigenvalue weighted by atomic mass is 10.2. The van der Waals surface area contributed by atoms with Crippen molar-refractivity contribution in [2.75, 3.05) is 16.4 Å². The summed E-state index contributed by atoms with van der Waals surface area (Å²) in [7, 11) is 1.82. The van der Waals surface area contributed by atoms with Gasteiger partial charge < -0.3 is 15.2 Å². The van der Waals surface area contributed by atoms with Crippen LogP contribution in [0.5, 0.6) is 0 Å². The fraction of sp³-hybridized carbons (Fsp3) is 0.238. The van der Waals surface area contributed by atoms with E-state index in [0.29, 0.717) is 28.1 Å². The first-order chi connectivity index (χ1) is 14.4. The van der Waals surface area contributed by atoms with Gasteiger partial charge in [-0.15, -0.1) is 10.2 Å². The second kappa shape index (κ2) is 10.3. The number of nitrogens with one attached hydrogen (secondary N) is 2. The Morgan fingerprint density at radius 3 is 2.50 bits per heavy atom. The predicted molar refractivity (Wildman–Crippen MR) is 120 cm³/mol. The van der Waals surface area contributed by atoms with Gasteiger partial charge in [0.15, 0.2) is 5.16 Å². The predicted octanol–water partition coefficient (Wildman–Crippen LogP) is 4.08. The van der Waals surface area contributed by atoms with Crippen LogP contribution in [0, 0.1) is 6.92 Å². The number of benzene rings is 2. The lowest BCUT2D eigenvalue weighted by molar-refractivity contribution is -0.116. The molecule has 0 bridgehead atoms. The summed E-state index contributed by atoms with van der Waals surface area (Å²) >= 11 is 7.32. The number of carbonyl (C=O) groups excluding carboxylic acids is 2. The molecule has 0 fully saturated rings. The summed E-state index contributed by atoms with van der Waals surface area (Å²) < 4.78 is 1.80. The van der Waals surface area contributed by atoms with Crippen LogP contribution in [0.15, 0.2) is 53.7 Å². The summed E-state index contributed by atoms with van der Waals surface area (Å²) in [6.45, 7) is 2.00. The Labute approximate surface area is 184 Å². The van der Waals surface area contributed by atoms with E-state index in [4.69, 9.17) is 11.6 Å². The van der Waals surface area contributed by atoms with Gasteiger partial charge in [0.2, 0.25) is 11.8 Å². The number of thioether (sulfide) groups is 1. The molecule has 2 amide bonds. The van der Waals surface area contributed by atoms with Crippen LogP contribution in [-0.4, -0.2) is 32.3 Å². The van der Waals surface area contributed by atoms with Crippen molar-refractivity contribution in [3.63, 3.8) is 0 Å². The molecule has 3 aromatic rings. The van der Waals surface area contributed by atoms with Gasteiger partial charge in [0.05, 0.1) is 16.5 Å². The maximum absolute atomic E-state index is 12.2. The van der Waals surface area contributed by atoms with Crippen LogP contribution in [0.25, 0.3) is 0 Å². The van der Waals surface area contributed by atoms with Gasteiger partial charge in [-0.3, -0.25) is 9.59 Å². The highest BCUT2D eigenvalue weighted by Gasteiger charge is 2.13. The van der Waals surface area contributed by atoms with Gasteiger partial charge >= 0.3 is 0 Å². The van der Waals surface area contributed by atoms with E-state index in [9.17, 15) is 9.59 Å². The van der Waals surface area contributed by atoms with E-state index in [-0.39, 0.29) is 24.0 Å². The topological polar surface area (TPSA) is 88.9 Å². The highest BCUT2D eigenvalue weighted by molar-refractivity contribution is 7.99. The molecule has 0 aliphatic heterocycles. The number of hydrogen-bond donors (Lipinski definition) is 2. The van der Waals surface area contributed by atoms with Crippen molar-refractivity contribution in [3.8, 4) is 0 Å². The molecular formula is C21H22ClN5O2S. The van der Waals surface area contributed by atoms with E-state index in [1.165, 1.54) is 11.8 Å². The largest absolute Gasteiger partial charge is 0.326 e. The fourth-order valence-corrected chi connectivity index (χ4v) is 3.57. The quantitative estimate of drug-likeness (QED) is 0.512. The minimum Gasteiger partial charge on any atom is -0.326 e. The first kappa shape index (κ1) is 21.9. The molecule has 1 heterocycles. The minimum atomic E-state index is -0.185. The first-order valence-electron chi connectivity index (χ1n) is 9.34. The third-order valence-electron chi connectivity index (χ3n) is 4.32. The van der Waals surface area contributed by atoms with Crippen molar-refractivity contribution < 1.29 is 9.59 Å². The number of rotatable bonds is 8. The number of carbonyl (C=O) groups is 2. The van der Waals surface area contributed by atoms with E-state index >= 15 is 0 Å². The summed E-state index contributed by atoms with van der Waals surface area (Å²) in [6.07, 6.45) is 0.741. The average Bonchev–Trinajstić information content (AvgIpc) is 3.08. The highest BCUT2D eigenvalue weighted by atomic mass is 35.5. The molecule has 0 saturated carbocycles. The van der Waals surface area contributed by atoms with Crippen LogP contribution in [0.3, 0.4) is 0 Å². The number of anilines is 2. The smallest absolute Gasteiger partial charge is 0.234 e. The van der Waals surface area contributed by atoms with Crippen LogP contribution in [0.2, 0.25) is 5.02 Å². The Hall–Kier alpha value is -2.84. The van der Waals surface area contributed by atoms with Crippen molar-refractivity contribution in [2.24, 2.45) is 7.05 Å². The van der Waals surface area contributed by atoms with Gasteiger partial charge in [0.25, 0.3) is 0 Å². The van der Waals surface area contributed by atoms with Crippen molar-refractivity contribution >= 4 is 46.6 Å². The third kappa shape index (κ3) is 6.08. The monoisotopic (exact) mass is 443 g/mol. The van der Waals surface area contributed by atoms with Crippen LogP contribution in [0.1, 0.15) is 17.8 Å². The Morgan fingerprint density at radius 1 is 1.03 bits per heavy atom. The molecule has 1 aromatic heterocycles. The number of aryl methyl sites for hydroxylation is 2. The standard InChI is InChI=1S/C21H22ClN5O2S/c1-14-7-9-15(10-8-14)23-19(28)12-11-18-25-26-21(27(18)2)30-13-20(29)24-17-6-4-3-5-16(17)22/h3-10H,11-13H2,1-2H3,(H,23,28)(H,24,29). The van der Waals surface area contributed by atoms with Crippen molar-refractivity contribution in [3.05, 3.63) is 64.9 Å². The Balaban J connectivity index is 1.48. The lowest BCUT2D eigenvalue weighted by Crippen LogP contribution is -2.15. The molecular weight excluding hydrogens is 422 g/mol. The number of halogens is 1. The summed E-state index contributed by atoms with van der Waals surface area (Å²) in [5.74, 6) is 0.582. The molecule has 3 rings (SSSR count). The zero-order valence-electron chi connectivity index (χ0n) is 16.7. The maximum Gasteiger partial charge on any atom is 0.234 e. The van der Waals surface area contributed by atoms with Crippen LogP contribution in [0.4, 0.5) is 11.4 Å². The van der Waals surface area contributed by atoms with E-state index < -0.39 is 0 Å². The molecule has 0 spiro atoms. The summed E-state index contributed by atoms with van der Waals surface area (Å²) in [4.78, 5) is 24.3. The summed E-state index contributed by atoms with van der Waals surface area (Å²) in [5.41, 5.74) is 2.48. The molecule has 0 saturated heterocycles. The first-order valence-corrected chi connectivity index (χ1v) is 10.7. The number of hydrogen-bond acceptors (Lipinski definition) is 5. The minimum absolute atomic E-state index is 0.0878. The molecule has 9 heteroatoms. The van der Waals surface area contributed by atoms with E-state index in [1.807, 2.05) is 38.2 Å². The van der Waals surface area contributed by atoms with Crippen LogP contribution in [-0.2, 0) is 23.1 Å². The normalized spacial score (nSPS) is 10.6. The van der Waals surface area contributed by atoms with Gasteiger partial charge in [-0.05, 0) is 31.2 Å². The molecule has 0 atom stereocenters. The van der Waals surface area contributed by atoms with E-state index in [1.54, 1.807) is 28.8 Å². The molecule has 0 radical (unpaired) electrons. The second-order valence-corrected chi connectivity index (χ2v) is 8.04. The number of nitrogens with zero attached hydrogens (tertiary/aromatic N) is 3. The Morgan fingerprint density at radius 2 is 1.77 bits per heavy atom. The molecule has 0 unspecified atom stereocenters. The van der Waals surface area contributed by atoms with Crippen LogP contribution < -0.4 is 10.6 Å².